The number of piperazine rings is 1. The van der Waals surface area contributed by atoms with Gasteiger partial charge < -0.3 is 4.90 Å². The van der Waals surface area contributed by atoms with E-state index in [1.807, 2.05) is 4.90 Å². The summed E-state index contributed by atoms with van der Waals surface area (Å²) >= 11 is 8.08. The summed E-state index contributed by atoms with van der Waals surface area (Å²) in [5.74, 6) is 1.42. The number of hydrogen-bond donors (Lipinski definition) is 0. The first-order chi connectivity index (χ1) is 14.5. The Morgan fingerprint density at radius 2 is 1.63 bits per heavy atom. The molecule has 0 spiro atoms. The van der Waals surface area contributed by atoms with E-state index in [0.717, 1.165) is 24.6 Å². The molecule has 2 saturated heterocycles. The second-order valence-electron chi connectivity index (χ2n) is 8.28. The van der Waals surface area contributed by atoms with Gasteiger partial charge in [0, 0.05) is 56.8 Å². The molecule has 1 amide bonds. The Kier molecular flexibility index (Phi) is 7.30. The third kappa shape index (κ3) is 4.83. The van der Waals surface area contributed by atoms with Crippen LogP contribution in [0.15, 0.2) is 23.1 Å². The molecule has 3 fully saturated rings. The van der Waals surface area contributed by atoms with Crippen LogP contribution in [0, 0.1) is 0 Å². The van der Waals surface area contributed by atoms with Crippen LogP contribution in [0.3, 0.4) is 0 Å². The van der Waals surface area contributed by atoms with Crippen molar-refractivity contribution in [2.45, 2.75) is 43.0 Å². The normalized spacial score (nSPS) is 22.9. The number of amides is 1. The highest BCUT2D eigenvalue weighted by Gasteiger charge is 2.30. The van der Waals surface area contributed by atoms with E-state index in [1.165, 1.54) is 48.5 Å². The number of sulfonamides is 1. The largest absolute Gasteiger partial charge is 0.336 e. The second-order valence-corrected chi connectivity index (χ2v) is 11.8. The molecule has 6 nitrogen and oxygen atoms in total. The van der Waals surface area contributed by atoms with Crippen molar-refractivity contribution in [3.8, 4) is 0 Å². The number of hydrogen-bond acceptors (Lipinski definition) is 5. The zero-order chi connectivity index (χ0) is 21.1. The summed E-state index contributed by atoms with van der Waals surface area (Å²) in [5, 5.41) is 0.308. The molecule has 4 rings (SSSR count). The fourth-order valence-corrected chi connectivity index (χ4v) is 7.47. The molecular formula is C21H30ClN3O3S2. The molecule has 9 heteroatoms. The highest BCUT2D eigenvalue weighted by atomic mass is 35.5. The molecule has 3 aliphatic rings. The first-order valence-corrected chi connectivity index (χ1v) is 13.8. The van der Waals surface area contributed by atoms with Gasteiger partial charge in [-0.3, -0.25) is 9.69 Å². The van der Waals surface area contributed by atoms with Crippen LogP contribution in [0.5, 0.6) is 0 Å². The average molecular weight is 472 g/mol. The lowest BCUT2D eigenvalue weighted by Gasteiger charge is -2.40. The Morgan fingerprint density at radius 1 is 0.967 bits per heavy atom. The van der Waals surface area contributed by atoms with Crippen LogP contribution in [-0.2, 0) is 10.0 Å². The van der Waals surface area contributed by atoms with E-state index < -0.39 is 10.0 Å². The molecule has 0 aromatic heterocycles. The van der Waals surface area contributed by atoms with Crippen LogP contribution < -0.4 is 0 Å². The van der Waals surface area contributed by atoms with Crippen molar-refractivity contribution < 1.29 is 13.2 Å². The summed E-state index contributed by atoms with van der Waals surface area (Å²) in [6.07, 6.45) is 6.46. The van der Waals surface area contributed by atoms with Crippen molar-refractivity contribution in [2.24, 2.45) is 0 Å². The summed E-state index contributed by atoms with van der Waals surface area (Å²) in [6.45, 7) is 4.07. The van der Waals surface area contributed by atoms with E-state index in [4.69, 9.17) is 11.6 Å². The number of benzene rings is 1. The monoisotopic (exact) mass is 471 g/mol. The third-order valence-corrected chi connectivity index (χ3v) is 9.64. The molecule has 0 atom stereocenters. The van der Waals surface area contributed by atoms with Crippen LogP contribution in [0.4, 0.5) is 0 Å². The number of thioether (sulfide) groups is 1. The Morgan fingerprint density at radius 3 is 2.30 bits per heavy atom. The smallest absolute Gasteiger partial charge is 0.255 e. The fourth-order valence-electron chi connectivity index (χ4n) is 4.67. The minimum Gasteiger partial charge on any atom is -0.336 e. The van der Waals surface area contributed by atoms with Gasteiger partial charge in [0.15, 0.2) is 0 Å². The maximum Gasteiger partial charge on any atom is 0.255 e. The summed E-state index contributed by atoms with van der Waals surface area (Å²) in [5.41, 5.74) is 0.287. The Labute approximate surface area is 189 Å². The first kappa shape index (κ1) is 22.4. The van der Waals surface area contributed by atoms with Crippen LogP contribution in [0.1, 0.15) is 42.5 Å². The van der Waals surface area contributed by atoms with Crippen LogP contribution in [0.25, 0.3) is 0 Å². The lowest BCUT2D eigenvalue weighted by Crippen LogP contribution is -2.52. The summed E-state index contributed by atoms with van der Waals surface area (Å²) < 4.78 is 27.5. The second kappa shape index (κ2) is 9.77. The minimum atomic E-state index is -3.61. The quantitative estimate of drug-likeness (QED) is 0.675. The van der Waals surface area contributed by atoms with Crippen LogP contribution >= 0.6 is 23.4 Å². The molecule has 0 unspecified atom stereocenters. The third-order valence-electron chi connectivity index (χ3n) is 6.47. The van der Waals surface area contributed by atoms with Crippen molar-refractivity contribution in [2.75, 3.05) is 50.8 Å². The average Bonchev–Trinajstić information content (AvgIpc) is 2.80. The van der Waals surface area contributed by atoms with Crippen molar-refractivity contribution in [1.82, 2.24) is 14.1 Å². The predicted molar refractivity (Wildman–Crippen MR) is 122 cm³/mol. The topological polar surface area (TPSA) is 60.9 Å². The molecule has 1 aromatic carbocycles. The van der Waals surface area contributed by atoms with Crippen LogP contribution in [0.2, 0.25) is 5.02 Å². The van der Waals surface area contributed by atoms with Gasteiger partial charge in [0.05, 0.1) is 15.5 Å². The van der Waals surface area contributed by atoms with E-state index in [-0.39, 0.29) is 16.4 Å². The molecule has 2 heterocycles. The SMILES string of the molecule is O=C(c1cc(S(=O)(=O)N2CCSCC2)ccc1Cl)N1CCN(C2CCCCC2)CC1. The van der Waals surface area contributed by atoms with Crippen LogP contribution in [-0.4, -0.2) is 85.2 Å². The standard InChI is InChI=1S/C21H30ClN3O3S2/c22-20-7-6-18(30(27,28)25-12-14-29-15-13-25)16-19(20)21(26)24-10-8-23(9-11-24)17-4-2-1-3-5-17/h6-7,16-17H,1-5,8-15H2. The van der Waals surface area contributed by atoms with Gasteiger partial charge in [-0.15, -0.1) is 0 Å². The van der Waals surface area contributed by atoms with E-state index in [1.54, 1.807) is 17.8 Å². The molecule has 1 aromatic rings. The Bertz CT molecular complexity index is 860. The number of rotatable bonds is 4. The van der Waals surface area contributed by atoms with Gasteiger partial charge in [0.1, 0.15) is 0 Å². The number of nitrogens with zero attached hydrogens (tertiary/aromatic N) is 3. The van der Waals surface area contributed by atoms with Gasteiger partial charge in [0.2, 0.25) is 10.0 Å². The zero-order valence-electron chi connectivity index (χ0n) is 17.3. The maximum absolute atomic E-state index is 13.2. The summed E-state index contributed by atoms with van der Waals surface area (Å²) in [4.78, 5) is 17.7. The number of halogens is 1. The molecule has 1 aliphatic carbocycles. The van der Waals surface area contributed by atoms with Gasteiger partial charge >= 0.3 is 0 Å². The van der Waals surface area contributed by atoms with Gasteiger partial charge in [0.25, 0.3) is 5.91 Å². The van der Waals surface area contributed by atoms with Crippen molar-refractivity contribution in [3.05, 3.63) is 28.8 Å². The molecule has 166 valence electrons. The number of carbonyl (C=O) groups is 1. The molecular weight excluding hydrogens is 442 g/mol. The van der Waals surface area contributed by atoms with Gasteiger partial charge in [-0.1, -0.05) is 30.9 Å². The van der Waals surface area contributed by atoms with Gasteiger partial charge in [-0.25, -0.2) is 8.42 Å². The van der Waals surface area contributed by atoms with E-state index in [0.29, 0.717) is 37.2 Å². The fraction of sp³-hybridized carbons (Fsp3) is 0.667. The Hall–Kier alpha value is -0.800. The predicted octanol–water partition coefficient (Wildman–Crippen LogP) is 3.17. The molecule has 0 radical (unpaired) electrons. The molecule has 0 bridgehead atoms. The lowest BCUT2D eigenvalue weighted by atomic mass is 9.94. The highest BCUT2D eigenvalue weighted by Crippen LogP contribution is 2.27. The van der Waals surface area contributed by atoms with E-state index in [9.17, 15) is 13.2 Å². The van der Waals surface area contributed by atoms with Gasteiger partial charge in [-0.2, -0.15) is 16.1 Å². The van der Waals surface area contributed by atoms with E-state index in [2.05, 4.69) is 4.90 Å². The summed E-state index contributed by atoms with van der Waals surface area (Å²) in [7, 11) is -3.61. The van der Waals surface area contributed by atoms with Crippen molar-refractivity contribution in [1.29, 1.82) is 0 Å². The van der Waals surface area contributed by atoms with Gasteiger partial charge in [-0.05, 0) is 31.0 Å². The van der Waals surface area contributed by atoms with Crippen molar-refractivity contribution >= 4 is 39.3 Å². The van der Waals surface area contributed by atoms with Crippen molar-refractivity contribution in [3.63, 3.8) is 0 Å². The molecule has 30 heavy (non-hydrogen) atoms. The molecule has 1 saturated carbocycles. The first-order valence-electron chi connectivity index (χ1n) is 10.9. The minimum absolute atomic E-state index is 0.156. The Balaban J connectivity index is 1.46. The molecule has 0 N–H and O–H groups in total. The maximum atomic E-state index is 13.2. The summed E-state index contributed by atoms with van der Waals surface area (Å²) in [6, 6.07) is 5.17. The van der Waals surface area contributed by atoms with E-state index >= 15 is 0 Å². The lowest BCUT2D eigenvalue weighted by molar-refractivity contribution is 0.0523. The highest BCUT2D eigenvalue weighted by molar-refractivity contribution is 7.99. The molecule has 2 aliphatic heterocycles. The zero-order valence-corrected chi connectivity index (χ0v) is 19.7. The number of carbonyl (C=O) groups excluding carboxylic acids is 1.